The molecule has 5 heteroatoms. The van der Waals surface area contributed by atoms with Gasteiger partial charge in [-0.3, -0.25) is 9.97 Å². The Morgan fingerprint density at radius 3 is 2.59 bits per heavy atom. The molecule has 0 amide bonds. The zero-order valence-corrected chi connectivity index (χ0v) is 12.2. The van der Waals surface area contributed by atoms with Crippen molar-refractivity contribution in [2.75, 3.05) is 12.4 Å². The van der Waals surface area contributed by atoms with Crippen LogP contribution in [0.5, 0.6) is 5.88 Å². The van der Waals surface area contributed by atoms with Crippen LogP contribution in [0.25, 0.3) is 11.3 Å². The molecule has 0 fully saturated rings. The molecule has 0 aliphatic rings. The molecule has 1 aromatic carbocycles. The molecule has 2 heterocycles. The lowest BCUT2D eigenvalue weighted by Gasteiger charge is -2.07. The van der Waals surface area contributed by atoms with Gasteiger partial charge in [-0.15, -0.1) is 0 Å². The molecule has 3 aromatic rings. The monoisotopic (exact) mass is 292 g/mol. The molecule has 0 aliphatic carbocycles. The van der Waals surface area contributed by atoms with Crippen molar-refractivity contribution in [2.24, 2.45) is 0 Å². The Kier molecular flexibility index (Phi) is 4.25. The van der Waals surface area contributed by atoms with Crippen molar-refractivity contribution in [3.05, 3.63) is 66.6 Å². The highest BCUT2D eigenvalue weighted by atomic mass is 16.5. The van der Waals surface area contributed by atoms with Crippen LogP contribution in [0.2, 0.25) is 0 Å². The van der Waals surface area contributed by atoms with Crippen LogP contribution in [0.15, 0.2) is 61.1 Å². The average Bonchev–Trinajstić information content (AvgIpc) is 2.61. The van der Waals surface area contributed by atoms with E-state index in [9.17, 15) is 0 Å². The van der Waals surface area contributed by atoms with Gasteiger partial charge in [-0.05, 0) is 11.6 Å². The van der Waals surface area contributed by atoms with Crippen molar-refractivity contribution in [1.82, 2.24) is 15.0 Å². The first-order chi connectivity index (χ1) is 10.8. The lowest BCUT2D eigenvalue weighted by Crippen LogP contribution is -2.03. The SMILES string of the molecule is COc1cncc(NCc2ccc(-c3ccccc3)nc2)n1. The number of nitrogens with zero attached hydrogens (tertiary/aromatic N) is 3. The molecule has 5 nitrogen and oxygen atoms in total. The molecule has 0 aliphatic heterocycles. The minimum absolute atomic E-state index is 0.488. The van der Waals surface area contributed by atoms with E-state index in [1.165, 1.54) is 0 Å². The quantitative estimate of drug-likeness (QED) is 0.782. The van der Waals surface area contributed by atoms with E-state index in [1.54, 1.807) is 19.5 Å². The summed E-state index contributed by atoms with van der Waals surface area (Å²) in [4.78, 5) is 12.8. The van der Waals surface area contributed by atoms with Crippen molar-refractivity contribution in [1.29, 1.82) is 0 Å². The van der Waals surface area contributed by atoms with E-state index < -0.39 is 0 Å². The van der Waals surface area contributed by atoms with Crippen LogP contribution >= 0.6 is 0 Å². The van der Waals surface area contributed by atoms with Crippen molar-refractivity contribution >= 4 is 5.82 Å². The summed E-state index contributed by atoms with van der Waals surface area (Å²) in [5.74, 6) is 1.16. The van der Waals surface area contributed by atoms with Gasteiger partial charge in [0, 0.05) is 18.3 Å². The van der Waals surface area contributed by atoms with Gasteiger partial charge in [-0.2, -0.15) is 4.98 Å². The molecular weight excluding hydrogens is 276 g/mol. The molecule has 2 aromatic heterocycles. The van der Waals surface area contributed by atoms with E-state index in [-0.39, 0.29) is 0 Å². The molecule has 0 saturated heterocycles. The predicted octanol–water partition coefficient (Wildman–Crippen LogP) is 3.16. The Morgan fingerprint density at radius 1 is 1.00 bits per heavy atom. The number of hydrogen-bond donors (Lipinski definition) is 1. The minimum atomic E-state index is 0.488. The van der Waals surface area contributed by atoms with Crippen LogP contribution in [-0.4, -0.2) is 22.1 Å². The lowest BCUT2D eigenvalue weighted by molar-refractivity contribution is 0.396. The Hall–Kier alpha value is -2.95. The summed E-state index contributed by atoms with van der Waals surface area (Å²) in [5, 5.41) is 3.20. The molecule has 22 heavy (non-hydrogen) atoms. The zero-order valence-electron chi connectivity index (χ0n) is 12.2. The first-order valence-corrected chi connectivity index (χ1v) is 6.95. The van der Waals surface area contributed by atoms with Gasteiger partial charge in [0.2, 0.25) is 5.88 Å². The summed E-state index contributed by atoms with van der Waals surface area (Å²) in [5.41, 5.74) is 3.15. The molecule has 0 radical (unpaired) electrons. The van der Waals surface area contributed by atoms with E-state index >= 15 is 0 Å². The highest BCUT2D eigenvalue weighted by Gasteiger charge is 2.01. The zero-order chi connectivity index (χ0) is 15.2. The molecule has 0 unspecified atom stereocenters. The largest absolute Gasteiger partial charge is 0.480 e. The second-order valence-corrected chi connectivity index (χ2v) is 4.72. The molecule has 1 N–H and O–H groups in total. The Bertz CT molecular complexity index is 729. The maximum absolute atomic E-state index is 5.05. The second kappa shape index (κ2) is 6.67. The first kappa shape index (κ1) is 14.0. The fraction of sp³-hybridized carbons (Fsp3) is 0.118. The van der Waals surface area contributed by atoms with Crippen LogP contribution in [0.3, 0.4) is 0 Å². The summed E-state index contributed by atoms with van der Waals surface area (Å²) in [6.07, 6.45) is 5.10. The Labute approximate surface area is 129 Å². The van der Waals surface area contributed by atoms with Crippen molar-refractivity contribution < 1.29 is 4.74 Å². The van der Waals surface area contributed by atoms with Crippen molar-refractivity contribution in [3.63, 3.8) is 0 Å². The van der Waals surface area contributed by atoms with Gasteiger partial charge < -0.3 is 10.1 Å². The smallest absolute Gasteiger partial charge is 0.233 e. The number of pyridine rings is 1. The topological polar surface area (TPSA) is 59.9 Å². The number of methoxy groups -OCH3 is 1. The normalized spacial score (nSPS) is 10.2. The predicted molar refractivity (Wildman–Crippen MR) is 85.6 cm³/mol. The van der Waals surface area contributed by atoms with Crippen LogP contribution in [0.4, 0.5) is 5.82 Å². The van der Waals surface area contributed by atoms with E-state index in [4.69, 9.17) is 4.74 Å². The third-order valence-corrected chi connectivity index (χ3v) is 3.19. The molecule has 3 rings (SSSR count). The number of anilines is 1. The van der Waals surface area contributed by atoms with Crippen LogP contribution in [0.1, 0.15) is 5.56 Å². The van der Waals surface area contributed by atoms with Gasteiger partial charge in [0.1, 0.15) is 5.82 Å². The van der Waals surface area contributed by atoms with Gasteiger partial charge >= 0.3 is 0 Å². The summed E-state index contributed by atoms with van der Waals surface area (Å²) < 4.78 is 5.05. The van der Waals surface area contributed by atoms with Gasteiger partial charge in [-0.1, -0.05) is 36.4 Å². The van der Waals surface area contributed by atoms with Crippen molar-refractivity contribution in [2.45, 2.75) is 6.54 Å². The number of aromatic nitrogens is 3. The van der Waals surface area contributed by atoms with E-state index in [2.05, 4.69) is 26.3 Å². The van der Waals surface area contributed by atoms with Gasteiger partial charge in [-0.25, -0.2) is 0 Å². The van der Waals surface area contributed by atoms with E-state index in [0.29, 0.717) is 18.2 Å². The molecule has 0 spiro atoms. The van der Waals surface area contributed by atoms with Crippen LogP contribution in [-0.2, 0) is 6.54 Å². The number of nitrogens with one attached hydrogen (secondary N) is 1. The second-order valence-electron chi connectivity index (χ2n) is 4.72. The highest BCUT2D eigenvalue weighted by Crippen LogP contribution is 2.16. The van der Waals surface area contributed by atoms with Gasteiger partial charge in [0.05, 0.1) is 25.2 Å². The molecule has 0 atom stereocenters. The van der Waals surface area contributed by atoms with Crippen LogP contribution in [0, 0.1) is 0 Å². The Balaban J connectivity index is 1.66. The minimum Gasteiger partial charge on any atom is -0.480 e. The molecular formula is C17H16N4O. The lowest BCUT2D eigenvalue weighted by atomic mass is 10.1. The van der Waals surface area contributed by atoms with Gasteiger partial charge in [0.25, 0.3) is 0 Å². The summed E-state index contributed by atoms with van der Waals surface area (Å²) in [6.45, 7) is 0.629. The van der Waals surface area contributed by atoms with Crippen molar-refractivity contribution in [3.8, 4) is 17.1 Å². The first-order valence-electron chi connectivity index (χ1n) is 6.95. The molecule has 0 saturated carbocycles. The molecule has 110 valence electrons. The Morgan fingerprint density at radius 2 is 1.86 bits per heavy atom. The maximum atomic E-state index is 5.05. The fourth-order valence-electron chi connectivity index (χ4n) is 2.03. The highest BCUT2D eigenvalue weighted by molar-refractivity contribution is 5.58. The fourth-order valence-corrected chi connectivity index (χ4v) is 2.03. The van der Waals surface area contributed by atoms with Gasteiger partial charge in [0.15, 0.2) is 0 Å². The summed E-state index contributed by atoms with van der Waals surface area (Å²) >= 11 is 0. The number of rotatable bonds is 5. The third kappa shape index (κ3) is 3.38. The standard InChI is InChI=1S/C17H16N4O/c1-22-17-12-18-11-16(21-17)20-10-13-7-8-15(19-9-13)14-5-3-2-4-6-14/h2-9,11-12H,10H2,1H3,(H,20,21). The third-order valence-electron chi connectivity index (χ3n) is 3.19. The average molecular weight is 292 g/mol. The summed E-state index contributed by atoms with van der Waals surface area (Å²) in [7, 11) is 1.57. The number of ether oxygens (including phenoxy) is 1. The maximum Gasteiger partial charge on any atom is 0.233 e. The van der Waals surface area contributed by atoms with Crippen LogP contribution < -0.4 is 10.1 Å². The van der Waals surface area contributed by atoms with E-state index in [0.717, 1.165) is 16.8 Å². The molecule has 0 bridgehead atoms. The summed E-state index contributed by atoms with van der Waals surface area (Å²) in [6, 6.07) is 14.2. The van der Waals surface area contributed by atoms with E-state index in [1.807, 2.05) is 42.6 Å². The number of benzene rings is 1. The number of hydrogen-bond acceptors (Lipinski definition) is 5.